The van der Waals surface area contributed by atoms with Crippen molar-refractivity contribution in [1.29, 1.82) is 0 Å². The summed E-state index contributed by atoms with van der Waals surface area (Å²) >= 11 is 0. The van der Waals surface area contributed by atoms with Crippen LogP contribution in [0.2, 0.25) is 0 Å². The van der Waals surface area contributed by atoms with E-state index in [1.54, 1.807) is 0 Å². The van der Waals surface area contributed by atoms with Crippen LogP contribution in [0.5, 0.6) is 5.75 Å². The van der Waals surface area contributed by atoms with Crippen molar-refractivity contribution in [3.63, 3.8) is 0 Å². The average molecular weight is 235 g/mol. The highest BCUT2D eigenvalue weighted by atomic mass is 16.5. The maximum absolute atomic E-state index is 11.2. The first-order valence-corrected chi connectivity index (χ1v) is 6.13. The Bertz CT molecular complexity index is 354. The van der Waals surface area contributed by atoms with Gasteiger partial charge < -0.3 is 15.0 Å². The highest BCUT2D eigenvalue weighted by Crippen LogP contribution is 2.07. The molecule has 1 aromatic carbocycles. The summed E-state index contributed by atoms with van der Waals surface area (Å²) in [4.78, 5) is 12.5. The van der Waals surface area contributed by atoms with Gasteiger partial charge in [-0.2, -0.15) is 0 Å². The summed E-state index contributed by atoms with van der Waals surface area (Å²) in [6.45, 7) is 4.14. The summed E-state index contributed by atoms with van der Waals surface area (Å²) in [5, 5.41) is 2.84. The van der Waals surface area contributed by atoms with Gasteiger partial charge in [-0.1, -0.05) is 18.2 Å². The number of amides is 1. The smallest absolute Gasteiger partial charge is 0.275 e. The van der Waals surface area contributed by atoms with Crippen LogP contribution in [0.1, 0.15) is 6.42 Å². The lowest BCUT2D eigenvalue weighted by Crippen LogP contribution is -3.15. The molecule has 1 aliphatic heterocycles. The van der Waals surface area contributed by atoms with Crippen molar-refractivity contribution in [2.24, 2.45) is 0 Å². The van der Waals surface area contributed by atoms with E-state index in [-0.39, 0.29) is 5.91 Å². The van der Waals surface area contributed by atoms with Crippen molar-refractivity contribution < 1.29 is 14.4 Å². The minimum atomic E-state index is 0.162. The molecule has 4 nitrogen and oxygen atoms in total. The minimum Gasteiger partial charge on any atom is -0.493 e. The van der Waals surface area contributed by atoms with Gasteiger partial charge in [-0.15, -0.1) is 0 Å². The Labute approximate surface area is 102 Å². The number of rotatable bonds is 5. The lowest BCUT2D eigenvalue weighted by Gasteiger charge is -2.23. The Balaban J connectivity index is 1.61. The number of piperazine rings is 1. The van der Waals surface area contributed by atoms with Crippen LogP contribution in [0.3, 0.4) is 0 Å². The van der Waals surface area contributed by atoms with Gasteiger partial charge in [0.1, 0.15) is 5.75 Å². The molecule has 1 atom stereocenters. The molecular formula is C13H19N2O2+. The number of hydrogen-bond acceptors (Lipinski definition) is 2. The van der Waals surface area contributed by atoms with Crippen LogP contribution in [0.25, 0.3) is 0 Å². The second kappa shape index (κ2) is 6.25. The topological polar surface area (TPSA) is 42.8 Å². The summed E-state index contributed by atoms with van der Waals surface area (Å²) < 4.78 is 5.61. The normalized spacial score (nSPS) is 19.8. The maximum Gasteiger partial charge on any atom is 0.275 e. The van der Waals surface area contributed by atoms with Gasteiger partial charge in [0, 0.05) is 6.42 Å². The first kappa shape index (κ1) is 11.9. The number of nitrogens with one attached hydrogen (secondary N) is 2. The quantitative estimate of drug-likeness (QED) is 0.674. The monoisotopic (exact) mass is 235 g/mol. The second-order valence-corrected chi connectivity index (χ2v) is 4.29. The highest BCUT2D eigenvalue weighted by Gasteiger charge is 2.18. The van der Waals surface area contributed by atoms with Crippen molar-refractivity contribution in [1.82, 2.24) is 5.32 Å². The molecule has 4 heteroatoms. The molecule has 1 amide bonds. The van der Waals surface area contributed by atoms with Gasteiger partial charge in [0.25, 0.3) is 5.91 Å². The summed E-state index contributed by atoms with van der Waals surface area (Å²) in [7, 11) is 0. The molecule has 0 aliphatic carbocycles. The number of hydrogen-bond donors (Lipinski definition) is 2. The molecule has 0 radical (unpaired) electrons. The lowest BCUT2D eigenvalue weighted by molar-refractivity contribution is -0.893. The SMILES string of the molecule is O=C1C[NH+](CCCOc2ccccc2)CCN1. The van der Waals surface area contributed by atoms with E-state index < -0.39 is 0 Å². The maximum atomic E-state index is 11.2. The molecule has 1 unspecified atom stereocenters. The number of carbonyl (C=O) groups excluding carboxylic acids is 1. The van der Waals surface area contributed by atoms with Gasteiger partial charge in [0.2, 0.25) is 0 Å². The van der Waals surface area contributed by atoms with Gasteiger partial charge >= 0.3 is 0 Å². The Kier molecular flexibility index (Phi) is 4.38. The zero-order chi connectivity index (χ0) is 11.9. The Morgan fingerprint density at radius 1 is 1.29 bits per heavy atom. The van der Waals surface area contributed by atoms with Crippen molar-refractivity contribution in [2.75, 3.05) is 32.8 Å². The van der Waals surface area contributed by atoms with E-state index in [2.05, 4.69) is 5.32 Å². The predicted molar refractivity (Wildman–Crippen MR) is 65.1 cm³/mol. The lowest BCUT2D eigenvalue weighted by atomic mass is 10.3. The van der Waals surface area contributed by atoms with Gasteiger partial charge in [-0.3, -0.25) is 4.79 Å². The standard InChI is InChI=1S/C13H18N2O2/c16-13-11-15(9-7-14-13)8-4-10-17-12-5-2-1-3-6-12/h1-3,5-6H,4,7-11H2,(H,14,16)/p+1. The molecule has 1 fully saturated rings. The molecule has 2 rings (SSSR count). The summed E-state index contributed by atoms with van der Waals surface area (Å²) in [6.07, 6.45) is 0.984. The zero-order valence-corrected chi connectivity index (χ0v) is 9.95. The molecule has 0 spiro atoms. The number of carbonyl (C=O) groups is 1. The fraction of sp³-hybridized carbons (Fsp3) is 0.462. The minimum absolute atomic E-state index is 0.162. The van der Waals surface area contributed by atoms with Crippen LogP contribution in [0.4, 0.5) is 0 Å². The molecule has 17 heavy (non-hydrogen) atoms. The molecule has 1 aromatic rings. The van der Waals surface area contributed by atoms with Crippen molar-refractivity contribution in [3.8, 4) is 5.75 Å². The van der Waals surface area contributed by atoms with E-state index in [1.165, 1.54) is 4.90 Å². The Hall–Kier alpha value is -1.55. The van der Waals surface area contributed by atoms with E-state index in [4.69, 9.17) is 4.74 Å². The number of para-hydroxylation sites is 1. The number of benzene rings is 1. The molecule has 0 aromatic heterocycles. The molecule has 92 valence electrons. The first-order valence-electron chi connectivity index (χ1n) is 6.13. The van der Waals surface area contributed by atoms with Crippen LogP contribution < -0.4 is 15.0 Å². The summed E-state index contributed by atoms with van der Waals surface area (Å²) in [5.41, 5.74) is 0. The molecule has 1 heterocycles. The molecular weight excluding hydrogens is 216 g/mol. The fourth-order valence-electron chi connectivity index (χ4n) is 2.00. The summed E-state index contributed by atoms with van der Waals surface area (Å²) in [6, 6.07) is 9.83. The van der Waals surface area contributed by atoms with Crippen LogP contribution in [0.15, 0.2) is 30.3 Å². The average Bonchev–Trinajstić information content (AvgIpc) is 2.36. The van der Waals surface area contributed by atoms with E-state index in [0.717, 1.165) is 38.4 Å². The predicted octanol–water partition coefficient (Wildman–Crippen LogP) is -0.530. The molecule has 1 saturated heterocycles. The Morgan fingerprint density at radius 2 is 2.12 bits per heavy atom. The van der Waals surface area contributed by atoms with E-state index in [1.807, 2.05) is 30.3 Å². The Morgan fingerprint density at radius 3 is 2.88 bits per heavy atom. The van der Waals surface area contributed by atoms with Gasteiger partial charge in [0.05, 0.1) is 26.2 Å². The highest BCUT2D eigenvalue weighted by molar-refractivity contribution is 5.77. The van der Waals surface area contributed by atoms with E-state index >= 15 is 0 Å². The number of quaternary nitrogens is 1. The second-order valence-electron chi connectivity index (χ2n) is 4.29. The third kappa shape index (κ3) is 4.07. The van der Waals surface area contributed by atoms with E-state index in [0.29, 0.717) is 6.54 Å². The molecule has 1 aliphatic rings. The van der Waals surface area contributed by atoms with Crippen LogP contribution >= 0.6 is 0 Å². The van der Waals surface area contributed by atoms with Crippen LogP contribution in [-0.4, -0.2) is 38.7 Å². The molecule has 0 bridgehead atoms. The van der Waals surface area contributed by atoms with Gasteiger partial charge in [0.15, 0.2) is 6.54 Å². The van der Waals surface area contributed by atoms with Crippen molar-refractivity contribution >= 4 is 5.91 Å². The van der Waals surface area contributed by atoms with Crippen LogP contribution in [-0.2, 0) is 4.79 Å². The van der Waals surface area contributed by atoms with Gasteiger partial charge in [-0.05, 0) is 12.1 Å². The van der Waals surface area contributed by atoms with Crippen molar-refractivity contribution in [3.05, 3.63) is 30.3 Å². The fourth-order valence-corrected chi connectivity index (χ4v) is 2.00. The number of ether oxygens (including phenoxy) is 1. The first-order chi connectivity index (χ1) is 8.34. The van der Waals surface area contributed by atoms with E-state index in [9.17, 15) is 4.79 Å². The third-order valence-corrected chi connectivity index (χ3v) is 2.90. The zero-order valence-electron chi connectivity index (χ0n) is 9.95. The third-order valence-electron chi connectivity index (χ3n) is 2.90. The molecule has 0 saturated carbocycles. The largest absolute Gasteiger partial charge is 0.493 e. The summed E-state index contributed by atoms with van der Waals surface area (Å²) in [5.74, 6) is 1.08. The van der Waals surface area contributed by atoms with Crippen molar-refractivity contribution in [2.45, 2.75) is 6.42 Å². The van der Waals surface area contributed by atoms with Crippen LogP contribution in [0, 0.1) is 0 Å². The molecule has 2 N–H and O–H groups in total. The van der Waals surface area contributed by atoms with Gasteiger partial charge in [-0.25, -0.2) is 0 Å².